The van der Waals surface area contributed by atoms with Crippen molar-refractivity contribution in [1.29, 1.82) is 0 Å². The topological polar surface area (TPSA) is 172 Å². The number of aliphatic hydroxyl groups excluding tert-OH is 3. The first-order chi connectivity index (χ1) is 17.8. The van der Waals surface area contributed by atoms with Crippen LogP contribution >= 0.6 is 11.6 Å². The summed E-state index contributed by atoms with van der Waals surface area (Å²) in [7, 11) is 0. The van der Waals surface area contributed by atoms with Gasteiger partial charge in [0.15, 0.2) is 0 Å². The number of carbonyl (C=O) groups is 2. The van der Waals surface area contributed by atoms with Crippen LogP contribution in [0.5, 0.6) is 0 Å². The predicted octanol–water partition coefficient (Wildman–Crippen LogP) is 1.67. The number of imide groups is 1. The Hall–Kier alpha value is -4.03. The van der Waals surface area contributed by atoms with Crippen molar-refractivity contribution in [2.24, 2.45) is 0 Å². The molecule has 0 radical (unpaired) electrons. The number of anilines is 1. The van der Waals surface area contributed by atoms with Gasteiger partial charge < -0.3 is 30.6 Å². The first-order valence-corrected chi connectivity index (χ1v) is 11.7. The van der Waals surface area contributed by atoms with Crippen LogP contribution in [0.15, 0.2) is 53.5 Å². The Balaban J connectivity index is 1.45. The van der Waals surface area contributed by atoms with Gasteiger partial charge in [0.25, 0.3) is 17.4 Å². The number of aromatic amines is 2. The highest BCUT2D eigenvalue weighted by atomic mass is 35.5. The van der Waals surface area contributed by atoms with E-state index in [9.17, 15) is 24.6 Å². The summed E-state index contributed by atoms with van der Waals surface area (Å²) in [5.74, 6) is -0.998. The Labute approximate surface area is 214 Å². The molecule has 190 valence electrons. The summed E-state index contributed by atoms with van der Waals surface area (Å²) < 4.78 is 0. The molecule has 1 aliphatic heterocycles. The Kier molecular flexibility index (Phi) is 6.52. The number of nitrogens with one attached hydrogen (secondary N) is 3. The van der Waals surface area contributed by atoms with Gasteiger partial charge in [-0.15, -0.1) is 0 Å². The number of H-pyrrole nitrogens is 2. The van der Waals surface area contributed by atoms with Gasteiger partial charge in [-0.2, -0.15) is 0 Å². The monoisotopic (exact) mass is 523 g/mol. The van der Waals surface area contributed by atoms with Crippen LogP contribution in [0.4, 0.5) is 5.69 Å². The number of imidazole rings is 1. The number of rotatable bonds is 8. The lowest BCUT2D eigenvalue weighted by Gasteiger charge is -2.16. The van der Waals surface area contributed by atoms with Crippen LogP contribution in [0.1, 0.15) is 32.4 Å². The molecule has 3 heterocycles. The average molecular weight is 524 g/mol. The highest BCUT2D eigenvalue weighted by Gasteiger charge is 2.37. The van der Waals surface area contributed by atoms with Gasteiger partial charge in [0.05, 0.1) is 53.2 Å². The molecule has 2 aromatic heterocycles. The lowest BCUT2D eigenvalue weighted by atomic mass is 10.1. The maximum absolute atomic E-state index is 12.8. The number of β-amino-alcohol motifs (C(OH)–C–C–N with tert-alkyl or cyclic N) is 1. The van der Waals surface area contributed by atoms with E-state index in [4.69, 9.17) is 16.7 Å². The van der Waals surface area contributed by atoms with E-state index < -0.39 is 36.2 Å². The molecule has 0 bridgehead atoms. The number of benzene rings is 2. The fraction of sp³-hybridized carbons (Fsp3) is 0.200. The number of nitrogens with zero attached hydrogens (tertiary/aromatic N) is 2. The Morgan fingerprint density at radius 2 is 1.81 bits per heavy atom. The number of halogens is 1. The molecule has 0 saturated heterocycles. The number of fused-ring (bicyclic) bond motifs is 2. The first-order valence-electron chi connectivity index (χ1n) is 11.3. The molecule has 2 aromatic carbocycles. The van der Waals surface area contributed by atoms with Gasteiger partial charge in [0, 0.05) is 17.8 Å². The molecule has 0 fully saturated rings. The predicted molar refractivity (Wildman–Crippen MR) is 136 cm³/mol. The van der Waals surface area contributed by atoms with E-state index in [2.05, 4.69) is 20.3 Å². The minimum atomic E-state index is -1.25. The molecule has 4 aromatic rings. The van der Waals surface area contributed by atoms with Crippen molar-refractivity contribution in [2.75, 3.05) is 25.0 Å². The van der Waals surface area contributed by atoms with Gasteiger partial charge in [0.1, 0.15) is 11.4 Å². The summed E-state index contributed by atoms with van der Waals surface area (Å²) >= 11 is 6.01. The Morgan fingerprint density at radius 1 is 1.05 bits per heavy atom. The smallest absolute Gasteiger partial charge is 0.261 e. The third kappa shape index (κ3) is 4.60. The number of carbonyl (C=O) groups excluding carboxylic acids is 2. The summed E-state index contributed by atoms with van der Waals surface area (Å²) in [5.41, 5.74) is 1.79. The van der Waals surface area contributed by atoms with Gasteiger partial charge in [-0.1, -0.05) is 23.7 Å². The zero-order chi connectivity index (χ0) is 26.3. The van der Waals surface area contributed by atoms with E-state index in [0.717, 1.165) is 4.90 Å². The molecule has 2 amide bonds. The third-order valence-corrected chi connectivity index (χ3v) is 6.33. The maximum atomic E-state index is 12.8. The molecule has 12 heteroatoms. The molecule has 11 nitrogen and oxygen atoms in total. The van der Waals surface area contributed by atoms with Crippen molar-refractivity contribution in [1.82, 2.24) is 19.9 Å². The molecular weight excluding hydrogens is 502 g/mol. The summed E-state index contributed by atoms with van der Waals surface area (Å²) in [5, 5.41) is 32.9. The minimum Gasteiger partial charge on any atom is -0.394 e. The first kappa shape index (κ1) is 24.7. The normalized spacial score (nSPS) is 14.8. The third-order valence-electron chi connectivity index (χ3n) is 6.09. The van der Waals surface area contributed by atoms with E-state index in [1.807, 2.05) is 0 Å². The van der Waals surface area contributed by atoms with Gasteiger partial charge in [-0.25, -0.2) is 4.98 Å². The van der Waals surface area contributed by atoms with Crippen LogP contribution in [-0.2, 0) is 0 Å². The molecule has 37 heavy (non-hydrogen) atoms. The second-order valence-corrected chi connectivity index (χ2v) is 9.04. The summed E-state index contributed by atoms with van der Waals surface area (Å²) in [4.78, 5) is 49.3. The quantitative estimate of drug-likeness (QED) is 0.189. The van der Waals surface area contributed by atoms with Crippen molar-refractivity contribution in [3.63, 3.8) is 0 Å². The van der Waals surface area contributed by atoms with Crippen molar-refractivity contribution in [3.8, 4) is 11.4 Å². The van der Waals surface area contributed by atoms with Gasteiger partial charge >= 0.3 is 0 Å². The molecular formula is C25H22ClN5O6. The molecule has 0 aliphatic carbocycles. The zero-order valence-electron chi connectivity index (χ0n) is 19.2. The van der Waals surface area contributed by atoms with Gasteiger partial charge in [-0.3, -0.25) is 19.3 Å². The number of aromatic nitrogens is 3. The van der Waals surface area contributed by atoms with E-state index in [1.54, 1.807) is 30.3 Å². The molecule has 2 unspecified atom stereocenters. The fourth-order valence-electron chi connectivity index (χ4n) is 4.25. The lowest BCUT2D eigenvalue weighted by molar-refractivity contribution is 0.0426. The van der Waals surface area contributed by atoms with Crippen molar-refractivity contribution >= 4 is 40.1 Å². The molecule has 0 spiro atoms. The average Bonchev–Trinajstić information content (AvgIpc) is 3.39. The van der Waals surface area contributed by atoms with Gasteiger partial charge in [-0.05, 0) is 35.9 Å². The second kappa shape index (κ2) is 9.79. The van der Waals surface area contributed by atoms with Crippen LogP contribution in [0.25, 0.3) is 22.4 Å². The molecule has 6 N–H and O–H groups in total. The number of hydrogen-bond donors (Lipinski definition) is 6. The SMILES string of the molecule is O=C1c2cc3nc(-c4c(NCC(O)c5cccc(Cl)c5)cc[nH]c4=O)[nH]c3cc2C(=O)N1CC(O)CO. The summed E-state index contributed by atoms with van der Waals surface area (Å²) in [6, 6.07) is 11.4. The molecule has 0 saturated carbocycles. The molecule has 1 aliphatic rings. The highest BCUT2D eigenvalue weighted by Crippen LogP contribution is 2.30. The minimum absolute atomic E-state index is 0.0872. The van der Waals surface area contributed by atoms with Crippen molar-refractivity contribution < 1.29 is 24.9 Å². The van der Waals surface area contributed by atoms with Gasteiger partial charge in [0.2, 0.25) is 0 Å². The van der Waals surface area contributed by atoms with Crippen molar-refractivity contribution in [3.05, 3.63) is 80.7 Å². The number of pyridine rings is 1. The summed E-state index contributed by atoms with van der Waals surface area (Å²) in [6.45, 7) is -0.827. The maximum Gasteiger partial charge on any atom is 0.261 e. The van der Waals surface area contributed by atoms with E-state index in [0.29, 0.717) is 27.3 Å². The van der Waals surface area contributed by atoms with Crippen LogP contribution in [0.3, 0.4) is 0 Å². The van der Waals surface area contributed by atoms with Crippen LogP contribution in [-0.4, -0.2) is 72.8 Å². The standard InChI is InChI=1S/C25H22ClN5O6/c26-13-3-1-2-12(6-13)20(34)9-28-17-4-5-27-23(35)21(17)22-29-18-7-15-16(8-19(18)30-22)25(37)31(24(15)36)10-14(33)11-32/h1-8,14,20,32-34H,9-11H2,(H,29,30)(H2,27,28,35). The van der Waals surface area contributed by atoms with Crippen LogP contribution < -0.4 is 10.9 Å². The number of hydrogen-bond acceptors (Lipinski definition) is 8. The second-order valence-electron chi connectivity index (χ2n) is 8.60. The van der Waals surface area contributed by atoms with Crippen molar-refractivity contribution in [2.45, 2.75) is 12.2 Å². The van der Waals surface area contributed by atoms with Crippen LogP contribution in [0.2, 0.25) is 5.02 Å². The molecule has 5 rings (SSSR count). The van der Waals surface area contributed by atoms with E-state index >= 15 is 0 Å². The number of amides is 2. The Morgan fingerprint density at radius 3 is 2.54 bits per heavy atom. The Bertz CT molecular complexity index is 1530. The number of aliphatic hydroxyl groups is 3. The van der Waals surface area contributed by atoms with E-state index in [1.165, 1.54) is 18.3 Å². The summed E-state index contributed by atoms with van der Waals surface area (Å²) in [6.07, 6.45) is -0.678. The van der Waals surface area contributed by atoms with E-state index in [-0.39, 0.29) is 35.6 Å². The highest BCUT2D eigenvalue weighted by molar-refractivity contribution is 6.30. The fourth-order valence-corrected chi connectivity index (χ4v) is 4.44. The van der Waals surface area contributed by atoms with Crippen LogP contribution in [0, 0.1) is 0 Å². The zero-order valence-corrected chi connectivity index (χ0v) is 20.0. The molecule has 2 atom stereocenters. The largest absolute Gasteiger partial charge is 0.394 e. The lowest BCUT2D eigenvalue weighted by Crippen LogP contribution is -2.38.